The minimum absolute atomic E-state index is 0.0268. The predicted octanol–water partition coefficient (Wildman–Crippen LogP) is 2.73. The molecule has 2 bridgehead atoms. The first-order valence-corrected chi connectivity index (χ1v) is 13.7. The van der Waals surface area contributed by atoms with Gasteiger partial charge in [0, 0.05) is 16.6 Å². The number of hydrogen-bond acceptors (Lipinski definition) is 6. The number of carbonyl (C=O) groups excluding carboxylic acids is 3. The zero-order valence-corrected chi connectivity index (χ0v) is 21.9. The Morgan fingerprint density at radius 3 is 2.66 bits per heavy atom. The molecule has 3 saturated heterocycles. The number of carbonyl (C=O) groups is 3. The van der Waals surface area contributed by atoms with E-state index in [4.69, 9.17) is 4.74 Å². The van der Waals surface area contributed by atoms with Crippen LogP contribution in [0, 0.1) is 17.8 Å². The van der Waals surface area contributed by atoms with Gasteiger partial charge in [0.05, 0.1) is 35.8 Å². The summed E-state index contributed by atoms with van der Waals surface area (Å²) in [6.07, 6.45) is 4.20. The summed E-state index contributed by atoms with van der Waals surface area (Å²) in [4.78, 5) is 42.0. The van der Waals surface area contributed by atoms with Crippen LogP contribution < -0.4 is 5.32 Å². The Kier molecular flexibility index (Phi) is 8.58. The summed E-state index contributed by atoms with van der Waals surface area (Å²) in [5, 5.41) is 13.2. The minimum Gasteiger partial charge on any atom is -0.466 e. The molecule has 7 nitrogen and oxygen atoms in total. The Balaban J connectivity index is 1.99. The molecule has 0 aliphatic carbocycles. The molecule has 3 aliphatic rings. The maximum atomic E-state index is 13.9. The van der Waals surface area contributed by atoms with Crippen molar-refractivity contribution in [3.05, 3.63) is 0 Å². The largest absolute Gasteiger partial charge is 0.466 e. The Bertz CT molecular complexity index is 723. The molecular formula is C23H37BrN2O5S. The van der Waals surface area contributed by atoms with Gasteiger partial charge in [-0.15, -0.1) is 11.8 Å². The second-order valence-corrected chi connectivity index (χ2v) is 12.3. The number of likely N-dealkylation sites (tertiary alicyclic amines) is 1. The second-order valence-electron chi connectivity index (χ2n) is 9.63. The quantitative estimate of drug-likeness (QED) is 0.241. The Labute approximate surface area is 203 Å². The van der Waals surface area contributed by atoms with Gasteiger partial charge in [-0.3, -0.25) is 14.4 Å². The van der Waals surface area contributed by atoms with Gasteiger partial charge in [0.15, 0.2) is 0 Å². The number of thioether (sulfide) groups is 1. The predicted molar refractivity (Wildman–Crippen MR) is 129 cm³/mol. The van der Waals surface area contributed by atoms with E-state index in [2.05, 4.69) is 28.2 Å². The van der Waals surface area contributed by atoms with Gasteiger partial charge < -0.3 is 20.1 Å². The van der Waals surface area contributed by atoms with Gasteiger partial charge in [-0.05, 0) is 32.1 Å². The van der Waals surface area contributed by atoms with E-state index in [9.17, 15) is 19.5 Å². The fourth-order valence-corrected chi connectivity index (χ4v) is 9.36. The molecule has 182 valence electrons. The third-order valence-electron chi connectivity index (χ3n) is 6.96. The summed E-state index contributed by atoms with van der Waals surface area (Å²) in [6.45, 7) is 8.57. The van der Waals surface area contributed by atoms with Crippen molar-refractivity contribution in [2.75, 3.05) is 19.8 Å². The van der Waals surface area contributed by atoms with Gasteiger partial charge in [0.2, 0.25) is 11.8 Å². The Hall–Kier alpha value is -0.800. The van der Waals surface area contributed by atoms with E-state index in [1.54, 1.807) is 23.6 Å². The van der Waals surface area contributed by atoms with Crippen LogP contribution in [0.25, 0.3) is 0 Å². The molecule has 9 heteroatoms. The van der Waals surface area contributed by atoms with Gasteiger partial charge in [-0.1, -0.05) is 49.5 Å². The molecule has 1 spiro atoms. The average Bonchev–Trinajstić information content (AvgIpc) is 3.33. The average molecular weight is 534 g/mol. The van der Waals surface area contributed by atoms with E-state index in [1.807, 2.05) is 13.8 Å². The van der Waals surface area contributed by atoms with Gasteiger partial charge in [-0.2, -0.15) is 0 Å². The van der Waals surface area contributed by atoms with Gasteiger partial charge in [-0.25, -0.2) is 0 Å². The van der Waals surface area contributed by atoms with E-state index in [0.717, 1.165) is 19.3 Å². The summed E-state index contributed by atoms with van der Waals surface area (Å²) in [6, 6.07) is -1.16. The number of aliphatic hydroxyl groups excluding tert-OH is 1. The van der Waals surface area contributed by atoms with Crippen molar-refractivity contribution in [3.63, 3.8) is 0 Å². The minimum atomic E-state index is -0.702. The highest BCUT2D eigenvalue weighted by Crippen LogP contribution is 2.68. The highest BCUT2D eigenvalue weighted by Gasteiger charge is 2.76. The van der Waals surface area contributed by atoms with E-state index >= 15 is 0 Å². The number of rotatable bonds is 11. The zero-order valence-electron chi connectivity index (χ0n) is 19.5. The molecule has 3 fully saturated rings. The number of halogens is 1. The van der Waals surface area contributed by atoms with Crippen LogP contribution in [0.15, 0.2) is 0 Å². The lowest BCUT2D eigenvalue weighted by atomic mass is 9.71. The topological polar surface area (TPSA) is 95.9 Å². The van der Waals surface area contributed by atoms with Crippen LogP contribution in [0.1, 0.15) is 59.8 Å². The highest BCUT2D eigenvalue weighted by atomic mass is 79.9. The van der Waals surface area contributed by atoms with Crippen LogP contribution in [0.2, 0.25) is 0 Å². The van der Waals surface area contributed by atoms with Crippen LogP contribution in [0.4, 0.5) is 0 Å². The SMILES string of the molecule is CCCCCNC(=O)C1N([C@@H](CO)CC(C)C)C(=O)[C@@H]2[C@@H](C(=O)OCC)[C@@H]3SC12CC3Br. The van der Waals surface area contributed by atoms with Crippen LogP contribution in [0.5, 0.6) is 0 Å². The normalized spacial score (nSPS) is 34.2. The van der Waals surface area contributed by atoms with Crippen LogP contribution in [0.3, 0.4) is 0 Å². The first kappa shape index (κ1) is 25.8. The molecule has 0 aromatic rings. The summed E-state index contributed by atoms with van der Waals surface area (Å²) >= 11 is 5.33. The van der Waals surface area contributed by atoms with Crippen molar-refractivity contribution >= 4 is 45.5 Å². The molecule has 3 unspecified atom stereocenters. The number of hydrogen-bond donors (Lipinski definition) is 2. The number of esters is 1. The lowest BCUT2D eigenvalue weighted by Gasteiger charge is -2.37. The monoisotopic (exact) mass is 532 g/mol. The number of ether oxygens (including phenoxy) is 1. The molecule has 3 rings (SSSR count). The van der Waals surface area contributed by atoms with Crippen molar-refractivity contribution in [2.24, 2.45) is 17.8 Å². The first-order valence-electron chi connectivity index (χ1n) is 11.9. The molecule has 7 atom stereocenters. The molecule has 3 heterocycles. The van der Waals surface area contributed by atoms with Crippen LogP contribution in [-0.2, 0) is 19.1 Å². The van der Waals surface area contributed by atoms with Crippen LogP contribution in [-0.4, -0.2) is 74.5 Å². The molecule has 0 aromatic heterocycles. The second kappa shape index (κ2) is 10.6. The lowest BCUT2D eigenvalue weighted by Crippen LogP contribution is -2.57. The van der Waals surface area contributed by atoms with Crippen molar-refractivity contribution < 1.29 is 24.2 Å². The molecule has 0 radical (unpaired) electrons. The summed E-state index contributed by atoms with van der Waals surface area (Å²) in [5.41, 5.74) is 0. The maximum Gasteiger partial charge on any atom is 0.310 e. The van der Waals surface area contributed by atoms with Gasteiger partial charge in [0.1, 0.15) is 6.04 Å². The highest BCUT2D eigenvalue weighted by molar-refractivity contribution is 9.09. The van der Waals surface area contributed by atoms with E-state index in [-0.39, 0.29) is 47.0 Å². The fourth-order valence-electron chi connectivity index (χ4n) is 5.77. The summed E-state index contributed by atoms with van der Waals surface area (Å²) in [7, 11) is 0. The summed E-state index contributed by atoms with van der Waals surface area (Å²) < 4.78 is 4.67. The third-order valence-corrected chi connectivity index (χ3v) is 10.2. The third kappa shape index (κ3) is 4.45. The fraction of sp³-hybridized carbons (Fsp3) is 0.870. The number of fused-ring (bicyclic) bond motifs is 1. The number of aliphatic hydroxyl groups is 1. The molecule has 2 N–H and O–H groups in total. The van der Waals surface area contributed by atoms with Gasteiger partial charge in [0.25, 0.3) is 0 Å². The number of unbranched alkanes of at least 4 members (excludes halogenated alkanes) is 2. The molecule has 0 aromatic carbocycles. The number of nitrogens with zero attached hydrogens (tertiary/aromatic N) is 1. The lowest BCUT2D eigenvalue weighted by molar-refractivity contribution is -0.154. The summed E-state index contributed by atoms with van der Waals surface area (Å²) in [5.74, 6) is -1.65. The Morgan fingerprint density at radius 2 is 2.06 bits per heavy atom. The standard InChI is InChI=1S/C23H37BrN2O5S/c1-5-7-8-9-25-20(28)19-23-11-15(24)18(32-23)16(22(30)31-6-2)17(23)21(29)26(19)14(12-27)10-13(3)4/h13-19,27H,5-12H2,1-4H3,(H,25,28)/t14-,15?,16-,17+,18-,19?,23?/m1/s1. The van der Waals surface area contributed by atoms with Crippen LogP contribution >= 0.6 is 27.7 Å². The molecule has 3 aliphatic heterocycles. The van der Waals surface area contributed by atoms with Crippen molar-refractivity contribution in [1.82, 2.24) is 10.2 Å². The van der Waals surface area contributed by atoms with E-state index in [0.29, 0.717) is 19.4 Å². The van der Waals surface area contributed by atoms with Crippen molar-refractivity contribution in [2.45, 2.75) is 86.7 Å². The number of alkyl halides is 1. The molecule has 0 saturated carbocycles. The maximum absolute atomic E-state index is 13.9. The van der Waals surface area contributed by atoms with Crippen molar-refractivity contribution in [1.29, 1.82) is 0 Å². The molecule has 2 amide bonds. The van der Waals surface area contributed by atoms with E-state index < -0.39 is 28.7 Å². The van der Waals surface area contributed by atoms with E-state index in [1.165, 1.54) is 0 Å². The zero-order chi connectivity index (χ0) is 23.6. The number of amides is 2. The van der Waals surface area contributed by atoms with Gasteiger partial charge >= 0.3 is 5.97 Å². The first-order chi connectivity index (χ1) is 15.2. The molecular weight excluding hydrogens is 496 g/mol. The Morgan fingerprint density at radius 1 is 1.34 bits per heavy atom. The van der Waals surface area contributed by atoms with Crippen molar-refractivity contribution in [3.8, 4) is 0 Å². The number of nitrogens with one attached hydrogen (secondary N) is 1. The molecule has 32 heavy (non-hydrogen) atoms. The smallest absolute Gasteiger partial charge is 0.310 e.